The van der Waals surface area contributed by atoms with E-state index >= 15 is 0 Å². The Balaban J connectivity index is 0.00000284. The largest absolute Gasteiger partial charge is 0.472 e. The van der Waals surface area contributed by atoms with Crippen molar-refractivity contribution in [2.75, 3.05) is 86.2 Å². The van der Waals surface area contributed by atoms with Crippen LogP contribution in [0.3, 0.4) is 0 Å². The Kier molecular flexibility index (Phi) is 35.7. The first kappa shape index (κ1) is 81.2. The molecule has 0 saturated carbocycles. The first-order valence-corrected chi connectivity index (χ1v) is 33.6. The van der Waals surface area contributed by atoms with Gasteiger partial charge < -0.3 is 109 Å². The summed E-state index contributed by atoms with van der Waals surface area (Å²) in [4.78, 5) is 66.7. The van der Waals surface area contributed by atoms with Gasteiger partial charge in [0.25, 0.3) is 0 Å². The molecule has 89 heavy (non-hydrogen) atoms. The van der Waals surface area contributed by atoms with Gasteiger partial charge in [-0.15, -0.1) is 0 Å². The number of likely N-dealkylation sites (tertiary alicyclic amines) is 3. The maximum absolute atomic E-state index is 13.9. The number of phosphoric acid groups is 2. The third kappa shape index (κ3) is 24.3. The summed E-state index contributed by atoms with van der Waals surface area (Å²) in [6.07, 6.45) is -17.1. The van der Waals surface area contributed by atoms with E-state index in [2.05, 4.69) is 20.8 Å². The van der Waals surface area contributed by atoms with Crippen molar-refractivity contribution in [3.63, 3.8) is 0 Å². The Labute approximate surface area is 522 Å². The topological polar surface area (TPSA) is 439 Å². The Bertz CT molecular complexity index is 2160. The van der Waals surface area contributed by atoms with E-state index in [1.165, 1.54) is 21.8 Å². The van der Waals surface area contributed by atoms with Crippen LogP contribution < -0.4 is 0 Å². The van der Waals surface area contributed by atoms with Gasteiger partial charge in [-0.1, -0.05) is 62.8 Å². The molecule has 0 aromatic rings. The number of phosphoric ester groups is 2. The smallest absolute Gasteiger partial charge is 0.394 e. The van der Waals surface area contributed by atoms with Crippen LogP contribution in [-0.4, -0.2) is 290 Å². The molecule has 0 radical (unpaired) electrons. The van der Waals surface area contributed by atoms with E-state index in [-0.39, 0.29) is 117 Å². The molecule has 31 nitrogen and oxygen atoms in total. The molecule has 524 valence electrons. The molecule has 6 fully saturated rings. The Morgan fingerprint density at radius 1 is 0.506 bits per heavy atom. The summed E-state index contributed by atoms with van der Waals surface area (Å²) in [7, 11) is -8.55. The number of hydrogen-bond donors (Lipinski definition) is 12. The average Bonchev–Trinajstić information content (AvgIpc) is 3.00. The SMILES string of the molecule is C.CC.CC(C)C.COC[C@@H]1C[C@@H](OP(=O)(O)OC[C@@H]2C[C@@H](OP(=O)(O)OC[C@@H]3C[C@@H](O)CN3C(=O)CCCO[C@@H]3OC(CO)[C@H](O)[C@H](O)C3C)CN2C(=O)CCCO[C@@H]2OC(CO)[C@H](O)[C@H](O)C2C)CN1C(=O)CCCO[C@@H]1OC(CO)[C@H](O)[C@H](O)C1C. The highest BCUT2D eigenvalue weighted by atomic mass is 31.2. The molecular formula is C56H107N3O28P2. The van der Waals surface area contributed by atoms with E-state index in [9.17, 15) is 84.4 Å². The highest BCUT2D eigenvalue weighted by Crippen LogP contribution is 2.50. The van der Waals surface area contributed by atoms with Gasteiger partial charge in [0.2, 0.25) is 17.7 Å². The van der Waals surface area contributed by atoms with Crippen molar-refractivity contribution in [1.29, 1.82) is 0 Å². The summed E-state index contributed by atoms with van der Waals surface area (Å²) in [5.41, 5.74) is 0. The molecule has 23 atom stereocenters. The molecule has 0 bridgehead atoms. The fraction of sp³-hybridized carbons (Fsp3) is 0.946. The zero-order valence-corrected chi connectivity index (χ0v) is 54.0. The number of hydrogen-bond acceptors (Lipinski definition) is 26. The van der Waals surface area contributed by atoms with Gasteiger partial charge in [-0.2, -0.15) is 0 Å². The summed E-state index contributed by atoms with van der Waals surface area (Å²) >= 11 is 0. The van der Waals surface area contributed by atoms with Crippen molar-refractivity contribution in [2.24, 2.45) is 23.7 Å². The van der Waals surface area contributed by atoms with Gasteiger partial charge in [0.05, 0.1) is 114 Å². The predicted molar refractivity (Wildman–Crippen MR) is 314 cm³/mol. The molecule has 0 aromatic heterocycles. The second kappa shape index (κ2) is 39.1. The number of methoxy groups -OCH3 is 1. The van der Waals surface area contributed by atoms with Gasteiger partial charge in [0, 0.05) is 63.8 Å². The predicted octanol–water partition coefficient (Wildman–Crippen LogP) is -0.259. The van der Waals surface area contributed by atoms with E-state index in [0.29, 0.717) is 0 Å². The van der Waals surface area contributed by atoms with Gasteiger partial charge in [-0.25, -0.2) is 9.13 Å². The summed E-state index contributed by atoms with van der Waals surface area (Å²) in [5, 5.41) is 101. The third-order valence-electron chi connectivity index (χ3n) is 15.9. The zero-order chi connectivity index (χ0) is 65.8. The van der Waals surface area contributed by atoms with Crippen LogP contribution in [0.5, 0.6) is 0 Å². The quantitative estimate of drug-likeness (QED) is 0.0326. The van der Waals surface area contributed by atoms with Crippen molar-refractivity contribution < 1.29 is 136 Å². The van der Waals surface area contributed by atoms with Crippen LogP contribution in [0.25, 0.3) is 0 Å². The number of rotatable bonds is 30. The molecule has 3 amide bonds. The molecule has 6 rings (SSSR count). The lowest BCUT2D eigenvalue weighted by atomic mass is 9.92. The first-order chi connectivity index (χ1) is 41.5. The number of β-amino-alcohol motifs (C(OH)–C–C–N with tert-alkyl or cyclic N) is 1. The maximum atomic E-state index is 13.9. The standard InChI is InChI=1S/C49H87N3O28P2.C4H10.C2H6.CH4/c1-26-41(60)44(63)35(20-53)76-47(26)71-11-5-8-38(57)50-17-32(56)14-29(50)24-74-81(66,67)80-34-16-31(52(19-34)40(59)10-7-13-73-49-28(3)43(62)46(65)37(22-55)78-49)25-75-82(68,69)79-33-15-30(23-70-4)51(18-33)39(58)9-6-12-72-48-27(2)42(61)45(64)36(21-54)77-48;1-4(2)3;1-2;/h26-37,41-49,53-56,60-65H,5-25H2,1-4H3,(H,66,67)(H,68,69);4H,1-3H3;1-2H3;1H4/t26?,27?,28?,29-,30-,31-,32+,33+,34+,35?,36?,37?,41+,42+,43+,44-,45-,46-,47+,48+,49+;;;/m0.../s1. The average molecular weight is 1330 g/mol. The second-order valence-corrected chi connectivity index (χ2v) is 26.6. The zero-order valence-electron chi connectivity index (χ0n) is 52.2. The molecule has 6 aliphatic heterocycles. The fourth-order valence-electron chi connectivity index (χ4n) is 11.1. The number of nitrogens with zero attached hydrogens (tertiary/aromatic N) is 3. The number of aliphatic hydroxyl groups excluding tert-OH is 10. The number of carbonyl (C=O) groups excluding carboxylic acids is 3. The number of aliphatic hydroxyl groups is 10. The molecular weight excluding hydrogens is 1220 g/mol. The molecule has 0 aromatic carbocycles. The molecule has 6 aliphatic rings. The summed E-state index contributed by atoms with van der Waals surface area (Å²) in [5.74, 6) is -2.50. The van der Waals surface area contributed by atoms with Crippen LogP contribution in [0, 0.1) is 23.7 Å². The fourth-order valence-corrected chi connectivity index (χ4v) is 13.0. The Morgan fingerprint density at radius 3 is 1.10 bits per heavy atom. The van der Waals surface area contributed by atoms with E-state index < -0.39 is 188 Å². The highest BCUT2D eigenvalue weighted by Gasteiger charge is 2.47. The number of amides is 3. The minimum atomic E-state index is -5.00. The minimum Gasteiger partial charge on any atom is -0.394 e. The molecule has 0 spiro atoms. The lowest BCUT2D eigenvalue weighted by Crippen LogP contribution is -2.55. The first-order valence-electron chi connectivity index (χ1n) is 30.6. The normalized spacial score (nSPS) is 36.1. The molecule has 33 heteroatoms. The van der Waals surface area contributed by atoms with Crippen LogP contribution in [0.2, 0.25) is 0 Å². The van der Waals surface area contributed by atoms with Crippen LogP contribution >= 0.6 is 15.6 Å². The van der Waals surface area contributed by atoms with E-state index in [4.69, 9.17) is 51.3 Å². The molecule has 6 heterocycles. The van der Waals surface area contributed by atoms with Gasteiger partial charge in [0.1, 0.15) is 36.6 Å². The number of carbonyl (C=O) groups is 3. The van der Waals surface area contributed by atoms with Gasteiger partial charge in [0.15, 0.2) is 18.9 Å². The van der Waals surface area contributed by atoms with Gasteiger partial charge in [-0.05, 0) is 44.4 Å². The molecule has 8 unspecified atom stereocenters. The highest BCUT2D eigenvalue weighted by molar-refractivity contribution is 7.47. The van der Waals surface area contributed by atoms with Crippen LogP contribution in [0.15, 0.2) is 0 Å². The lowest BCUT2D eigenvalue weighted by molar-refractivity contribution is -0.282. The van der Waals surface area contributed by atoms with Gasteiger partial charge >= 0.3 is 15.6 Å². The summed E-state index contributed by atoms with van der Waals surface area (Å²) in [6.45, 7) is 11.8. The second-order valence-electron chi connectivity index (χ2n) is 23.8. The van der Waals surface area contributed by atoms with Crippen LogP contribution in [-0.2, 0) is 74.8 Å². The van der Waals surface area contributed by atoms with Gasteiger partial charge in [-0.3, -0.25) is 32.5 Å². The van der Waals surface area contributed by atoms with E-state index in [1.807, 2.05) is 13.8 Å². The van der Waals surface area contributed by atoms with Crippen molar-refractivity contribution in [3.05, 3.63) is 0 Å². The Hall–Kier alpha value is -2.05. The minimum absolute atomic E-state index is 0. The summed E-state index contributed by atoms with van der Waals surface area (Å²) in [6, 6.07) is -2.48. The van der Waals surface area contributed by atoms with Crippen molar-refractivity contribution >= 4 is 33.4 Å². The van der Waals surface area contributed by atoms with Crippen molar-refractivity contribution in [3.8, 4) is 0 Å². The van der Waals surface area contributed by atoms with Crippen molar-refractivity contribution in [1.82, 2.24) is 14.7 Å². The molecule has 6 saturated heterocycles. The van der Waals surface area contributed by atoms with Crippen molar-refractivity contribution in [2.45, 2.75) is 231 Å². The van der Waals surface area contributed by atoms with Crippen LogP contribution in [0.1, 0.15) is 121 Å². The van der Waals surface area contributed by atoms with Crippen LogP contribution in [0.4, 0.5) is 0 Å². The maximum Gasteiger partial charge on any atom is 0.472 e. The third-order valence-corrected chi connectivity index (χ3v) is 18.0. The lowest BCUT2D eigenvalue weighted by Gasteiger charge is -2.40. The molecule has 0 aliphatic carbocycles. The van der Waals surface area contributed by atoms with E-state index in [0.717, 1.165) is 5.92 Å². The monoisotopic (exact) mass is 1330 g/mol. The Morgan fingerprint density at radius 2 is 0.798 bits per heavy atom. The van der Waals surface area contributed by atoms with E-state index in [1.54, 1.807) is 20.8 Å². The summed E-state index contributed by atoms with van der Waals surface area (Å²) < 4.78 is 88.4. The molecule has 12 N–H and O–H groups in total. The number of ether oxygens (including phenoxy) is 7.